The summed E-state index contributed by atoms with van der Waals surface area (Å²) in [5, 5.41) is 29.8. The molecule has 0 heterocycles. The molecule has 94 valence electrons. The number of aryl methyl sites for hydroxylation is 1. The molecule has 2 rings (SSSR count). The largest absolute Gasteiger partial charge is 0.508 e. The zero-order valence-corrected chi connectivity index (χ0v) is 10.7. The summed E-state index contributed by atoms with van der Waals surface area (Å²) in [5.74, 6) is 0.174. The first kappa shape index (κ1) is 12.3. The van der Waals surface area contributed by atoms with Gasteiger partial charge in [-0.25, -0.2) is 0 Å². The lowest BCUT2D eigenvalue weighted by atomic mass is 9.91. The molecule has 0 amide bonds. The average Bonchev–Trinajstić information content (AvgIpc) is 2.30. The molecular weight excluding hydrogens is 228 g/mol. The third kappa shape index (κ3) is 1.78. The van der Waals surface area contributed by atoms with Gasteiger partial charge in [-0.15, -0.1) is 0 Å². The molecule has 0 spiro atoms. The van der Waals surface area contributed by atoms with Crippen molar-refractivity contribution in [2.24, 2.45) is 0 Å². The van der Waals surface area contributed by atoms with Crippen LogP contribution in [0.1, 0.15) is 16.7 Å². The number of aromatic hydroxyl groups is 3. The van der Waals surface area contributed by atoms with E-state index in [-0.39, 0.29) is 17.2 Å². The molecule has 18 heavy (non-hydrogen) atoms. The van der Waals surface area contributed by atoms with Crippen LogP contribution in [0.4, 0.5) is 0 Å². The Hall–Kier alpha value is -2.16. The Bertz CT molecular complexity index is 569. The van der Waals surface area contributed by atoms with Gasteiger partial charge in [0, 0.05) is 0 Å². The van der Waals surface area contributed by atoms with Crippen LogP contribution < -0.4 is 0 Å². The van der Waals surface area contributed by atoms with E-state index in [1.54, 1.807) is 19.1 Å². The van der Waals surface area contributed by atoms with Crippen molar-refractivity contribution in [3.8, 4) is 28.4 Å². The third-order valence-corrected chi connectivity index (χ3v) is 3.35. The van der Waals surface area contributed by atoms with Crippen LogP contribution in [0.15, 0.2) is 24.3 Å². The van der Waals surface area contributed by atoms with Crippen molar-refractivity contribution in [1.82, 2.24) is 0 Å². The number of phenolic OH excluding ortho intramolecular Hbond substituents is 3. The molecule has 0 aromatic heterocycles. The van der Waals surface area contributed by atoms with Crippen LogP contribution >= 0.6 is 0 Å². The van der Waals surface area contributed by atoms with Gasteiger partial charge in [0.2, 0.25) is 0 Å². The summed E-state index contributed by atoms with van der Waals surface area (Å²) in [6.45, 7) is 5.56. The van der Waals surface area contributed by atoms with Crippen LogP contribution in [0.2, 0.25) is 0 Å². The van der Waals surface area contributed by atoms with Gasteiger partial charge in [-0.3, -0.25) is 0 Å². The van der Waals surface area contributed by atoms with Crippen LogP contribution in [-0.2, 0) is 0 Å². The molecule has 0 saturated heterocycles. The Morgan fingerprint density at radius 3 is 1.83 bits per heavy atom. The van der Waals surface area contributed by atoms with E-state index in [0.717, 1.165) is 11.1 Å². The Morgan fingerprint density at radius 2 is 1.28 bits per heavy atom. The van der Waals surface area contributed by atoms with E-state index >= 15 is 0 Å². The average molecular weight is 244 g/mol. The highest BCUT2D eigenvalue weighted by molar-refractivity contribution is 5.82. The molecule has 0 bridgehead atoms. The Balaban J connectivity index is 2.87. The van der Waals surface area contributed by atoms with Gasteiger partial charge < -0.3 is 15.3 Å². The lowest BCUT2D eigenvalue weighted by Gasteiger charge is -2.16. The third-order valence-electron chi connectivity index (χ3n) is 3.35. The van der Waals surface area contributed by atoms with Gasteiger partial charge in [0.1, 0.15) is 17.2 Å². The molecule has 3 heteroatoms. The Morgan fingerprint density at radius 1 is 0.722 bits per heavy atom. The fraction of sp³-hybridized carbons (Fsp3) is 0.200. The normalized spacial score (nSPS) is 10.6. The number of hydrogen-bond donors (Lipinski definition) is 3. The van der Waals surface area contributed by atoms with Crippen molar-refractivity contribution in [2.45, 2.75) is 20.8 Å². The first-order valence-electron chi connectivity index (χ1n) is 5.74. The Kier molecular flexibility index (Phi) is 2.91. The second-order valence-corrected chi connectivity index (χ2v) is 4.51. The molecular formula is C15H16O3. The maximum Gasteiger partial charge on any atom is 0.127 e. The molecule has 0 aliphatic heterocycles. The SMILES string of the molecule is Cc1cc(O)c(C)c(-c2c(O)cccc2O)c1C. The predicted molar refractivity (Wildman–Crippen MR) is 71.1 cm³/mol. The monoisotopic (exact) mass is 244 g/mol. The topological polar surface area (TPSA) is 60.7 Å². The molecule has 2 aromatic carbocycles. The predicted octanol–water partition coefficient (Wildman–Crippen LogP) is 3.40. The zero-order valence-electron chi connectivity index (χ0n) is 10.7. The zero-order chi connectivity index (χ0) is 13.4. The van der Waals surface area contributed by atoms with E-state index in [2.05, 4.69) is 0 Å². The first-order valence-corrected chi connectivity index (χ1v) is 5.74. The number of rotatable bonds is 1. The summed E-state index contributed by atoms with van der Waals surface area (Å²) in [6, 6.07) is 6.31. The fourth-order valence-electron chi connectivity index (χ4n) is 2.19. The highest BCUT2D eigenvalue weighted by Crippen LogP contribution is 2.43. The highest BCUT2D eigenvalue weighted by atomic mass is 16.3. The molecule has 0 saturated carbocycles. The Labute approximate surface area is 106 Å². The minimum atomic E-state index is 0.00574. The van der Waals surface area contributed by atoms with E-state index in [1.807, 2.05) is 13.8 Å². The van der Waals surface area contributed by atoms with Gasteiger partial charge in [0.25, 0.3) is 0 Å². The highest BCUT2D eigenvalue weighted by Gasteiger charge is 2.17. The maximum atomic E-state index is 9.93. The lowest BCUT2D eigenvalue weighted by molar-refractivity contribution is 0.453. The van der Waals surface area contributed by atoms with Crippen molar-refractivity contribution in [3.63, 3.8) is 0 Å². The van der Waals surface area contributed by atoms with E-state index in [1.165, 1.54) is 12.1 Å². The van der Waals surface area contributed by atoms with Crippen molar-refractivity contribution in [1.29, 1.82) is 0 Å². The van der Waals surface area contributed by atoms with E-state index < -0.39 is 0 Å². The van der Waals surface area contributed by atoms with E-state index in [9.17, 15) is 15.3 Å². The van der Waals surface area contributed by atoms with Crippen molar-refractivity contribution in [3.05, 3.63) is 41.0 Å². The standard InChI is InChI=1S/C15H16O3/c1-8-7-13(18)10(3)14(9(8)2)15-11(16)5-4-6-12(15)17/h4-7,16-18H,1-3H3. The molecule has 0 atom stereocenters. The minimum Gasteiger partial charge on any atom is -0.508 e. The molecule has 3 N–H and O–H groups in total. The van der Waals surface area contributed by atoms with Gasteiger partial charge in [-0.1, -0.05) is 6.07 Å². The maximum absolute atomic E-state index is 9.93. The quantitative estimate of drug-likeness (QED) is 0.720. The summed E-state index contributed by atoms with van der Waals surface area (Å²) in [6.07, 6.45) is 0. The van der Waals surface area contributed by atoms with Crippen molar-refractivity contribution in [2.75, 3.05) is 0 Å². The minimum absolute atomic E-state index is 0.00574. The summed E-state index contributed by atoms with van der Waals surface area (Å²) >= 11 is 0. The van der Waals surface area contributed by atoms with Crippen LogP contribution in [0, 0.1) is 20.8 Å². The number of hydrogen-bond acceptors (Lipinski definition) is 3. The molecule has 3 nitrogen and oxygen atoms in total. The fourth-order valence-corrected chi connectivity index (χ4v) is 2.19. The van der Waals surface area contributed by atoms with Crippen LogP contribution in [0.5, 0.6) is 17.2 Å². The molecule has 0 aliphatic carbocycles. The van der Waals surface area contributed by atoms with Gasteiger partial charge in [-0.2, -0.15) is 0 Å². The van der Waals surface area contributed by atoms with Gasteiger partial charge in [0.05, 0.1) is 5.56 Å². The van der Waals surface area contributed by atoms with Gasteiger partial charge >= 0.3 is 0 Å². The second kappa shape index (κ2) is 4.26. The van der Waals surface area contributed by atoms with E-state index in [4.69, 9.17) is 0 Å². The van der Waals surface area contributed by atoms with E-state index in [0.29, 0.717) is 16.7 Å². The molecule has 2 aromatic rings. The van der Waals surface area contributed by atoms with Crippen LogP contribution in [0.3, 0.4) is 0 Å². The van der Waals surface area contributed by atoms with Crippen LogP contribution in [0.25, 0.3) is 11.1 Å². The molecule has 0 radical (unpaired) electrons. The van der Waals surface area contributed by atoms with Crippen molar-refractivity contribution < 1.29 is 15.3 Å². The van der Waals surface area contributed by atoms with Gasteiger partial charge in [-0.05, 0) is 61.2 Å². The summed E-state index contributed by atoms with van der Waals surface area (Å²) in [7, 11) is 0. The summed E-state index contributed by atoms with van der Waals surface area (Å²) < 4.78 is 0. The van der Waals surface area contributed by atoms with Crippen molar-refractivity contribution >= 4 is 0 Å². The summed E-state index contributed by atoms with van der Waals surface area (Å²) in [4.78, 5) is 0. The summed E-state index contributed by atoms with van der Waals surface area (Å²) in [5.41, 5.74) is 3.54. The molecule has 0 unspecified atom stereocenters. The lowest BCUT2D eigenvalue weighted by Crippen LogP contribution is -1.93. The first-order chi connectivity index (χ1) is 8.43. The molecule has 0 aliphatic rings. The second-order valence-electron chi connectivity index (χ2n) is 4.51. The van der Waals surface area contributed by atoms with Gasteiger partial charge in [0.15, 0.2) is 0 Å². The van der Waals surface area contributed by atoms with Crippen LogP contribution in [-0.4, -0.2) is 15.3 Å². The number of phenols is 3. The number of benzene rings is 2. The smallest absolute Gasteiger partial charge is 0.127 e. The molecule has 0 fully saturated rings.